The van der Waals surface area contributed by atoms with Crippen LogP contribution >= 0.6 is 0 Å². The summed E-state index contributed by atoms with van der Waals surface area (Å²) in [6, 6.07) is 7.74. The fourth-order valence-corrected chi connectivity index (χ4v) is 2.96. The molecule has 1 N–H and O–H groups in total. The van der Waals surface area contributed by atoms with Gasteiger partial charge in [-0.25, -0.2) is 0 Å². The summed E-state index contributed by atoms with van der Waals surface area (Å²) in [4.78, 5) is 12.3. The molecule has 0 unspecified atom stereocenters. The quantitative estimate of drug-likeness (QED) is 0.902. The number of benzene rings is 1. The molecule has 1 aliphatic heterocycles. The molecule has 1 aliphatic carbocycles. The van der Waals surface area contributed by atoms with E-state index in [9.17, 15) is 4.79 Å². The zero-order chi connectivity index (χ0) is 13.9. The standard InChI is InChI=1S/C16H21NO3/c1-11-6-2-3-7-12(11)17-16(18)15-10-19-13-8-4-5-9-14(13)20-15/h4-5,8-9,11-12,15H,2-3,6-7,10H2,1H3,(H,17,18)/t11-,12-,15+/m1/s1. The van der Waals surface area contributed by atoms with Crippen LogP contribution in [0.2, 0.25) is 0 Å². The summed E-state index contributed by atoms with van der Waals surface area (Å²) in [5.41, 5.74) is 0. The van der Waals surface area contributed by atoms with Gasteiger partial charge in [-0.1, -0.05) is 31.9 Å². The highest BCUT2D eigenvalue weighted by Crippen LogP contribution is 2.31. The largest absolute Gasteiger partial charge is 0.485 e. The summed E-state index contributed by atoms with van der Waals surface area (Å²) in [6.07, 6.45) is 4.18. The van der Waals surface area contributed by atoms with Gasteiger partial charge in [-0.2, -0.15) is 0 Å². The monoisotopic (exact) mass is 275 g/mol. The molecule has 108 valence electrons. The number of hydrogen-bond donors (Lipinski definition) is 1. The minimum atomic E-state index is -0.543. The molecule has 0 saturated heterocycles. The van der Waals surface area contributed by atoms with E-state index in [1.54, 1.807) is 0 Å². The summed E-state index contributed by atoms with van der Waals surface area (Å²) in [5.74, 6) is 1.85. The highest BCUT2D eigenvalue weighted by atomic mass is 16.6. The van der Waals surface area contributed by atoms with E-state index in [1.807, 2.05) is 24.3 Å². The number of carbonyl (C=O) groups excluding carboxylic acids is 1. The van der Waals surface area contributed by atoms with E-state index in [-0.39, 0.29) is 18.6 Å². The van der Waals surface area contributed by atoms with Gasteiger partial charge in [-0.15, -0.1) is 0 Å². The maximum absolute atomic E-state index is 12.3. The minimum absolute atomic E-state index is 0.0572. The number of fused-ring (bicyclic) bond motifs is 1. The molecular weight excluding hydrogens is 254 g/mol. The predicted octanol–water partition coefficient (Wildman–Crippen LogP) is 2.52. The van der Waals surface area contributed by atoms with Gasteiger partial charge in [0, 0.05) is 6.04 Å². The topological polar surface area (TPSA) is 47.6 Å². The van der Waals surface area contributed by atoms with Crippen molar-refractivity contribution in [1.82, 2.24) is 5.32 Å². The Bertz CT molecular complexity index is 488. The molecule has 0 aromatic heterocycles. The second-order valence-electron chi connectivity index (χ2n) is 5.74. The highest BCUT2D eigenvalue weighted by Gasteiger charge is 2.30. The van der Waals surface area contributed by atoms with Crippen molar-refractivity contribution in [3.63, 3.8) is 0 Å². The van der Waals surface area contributed by atoms with Crippen molar-refractivity contribution in [1.29, 1.82) is 0 Å². The molecule has 1 heterocycles. The van der Waals surface area contributed by atoms with E-state index in [2.05, 4.69) is 12.2 Å². The van der Waals surface area contributed by atoms with Crippen molar-refractivity contribution in [2.24, 2.45) is 5.92 Å². The Morgan fingerprint density at radius 1 is 1.20 bits per heavy atom. The normalized spacial score (nSPS) is 28.8. The molecule has 1 amide bonds. The van der Waals surface area contributed by atoms with Gasteiger partial charge >= 0.3 is 0 Å². The first-order valence-electron chi connectivity index (χ1n) is 7.43. The van der Waals surface area contributed by atoms with Gasteiger partial charge < -0.3 is 14.8 Å². The van der Waals surface area contributed by atoms with Crippen LogP contribution in [0.5, 0.6) is 11.5 Å². The van der Waals surface area contributed by atoms with Crippen LogP contribution in [-0.2, 0) is 4.79 Å². The molecule has 20 heavy (non-hydrogen) atoms. The second-order valence-corrected chi connectivity index (χ2v) is 5.74. The Hall–Kier alpha value is -1.71. The lowest BCUT2D eigenvalue weighted by atomic mass is 9.86. The van der Waals surface area contributed by atoms with Crippen molar-refractivity contribution in [3.8, 4) is 11.5 Å². The Morgan fingerprint density at radius 2 is 1.95 bits per heavy atom. The third-order valence-corrected chi connectivity index (χ3v) is 4.24. The fraction of sp³-hybridized carbons (Fsp3) is 0.562. The van der Waals surface area contributed by atoms with Crippen LogP contribution < -0.4 is 14.8 Å². The van der Waals surface area contributed by atoms with Crippen LogP contribution in [0.1, 0.15) is 32.6 Å². The third-order valence-electron chi connectivity index (χ3n) is 4.24. The van der Waals surface area contributed by atoms with Crippen molar-refractivity contribution in [3.05, 3.63) is 24.3 Å². The lowest BCUT2D eigenvalue weighted by Crippen LogP contribution is -2.50. The maximum Gasteiger partial charge on any atom is 0.264 e. The molecular formula is C16H21NO3. The zero-order valence-electron chi connectivity index (χ0n) is 11.8. The summed E-state index contributed by atoms with van der Waals surface area (Å²) in [6.45, 7) is 2.49. The third kappa shape index (κ3) is 2.74. The van der Waals surface area contributed by atoms with Crippen LogP contribution in [0, 0.1) is 5.92 Å². The molecule has 3 atom stereocenters. The summed E-state index contributed by atoms with van der Waals surface area (Å²) in [5, 5.41) is 3.13. The van der Waals surface area contributed by atoms with E-state index >= 15 is 0 Å². The molecule has 1 aromatic rings. The van der Waals surface area contributed by atoms with E-state index in [0.717, 1.165) is 6.42 Å². The van der Waals surface area contributed by atoms with Crippen LogP contribution in [0.25, 0.3) is 0 Å². The SMILES string of the molecule is C[C@@H]1CCCC[C@H]1NC(=O)[C@@H]1COc2ccccc2O1. The molecule has 2 aliphatic rings. The van der Waals surface area contributed by atoms with Gasteiger partial charge in [0.25, 0.3) is 5.91 Å². The molecule has 1 fully saturated rings. The number of amides is 1. The molecule has 0 bridgehead atoms. The zero-order valence-corrected chi connectivity index (χ0v) is 11.8. The van der Waals surface area contributed by atoms with Gasteiger partial charge in [-0.05, 0) is 30.9 Å². The Balaban J connectivity index is 1.61. The van der Waals surface area contributed by atoms with Gasteiger partial charge in [0.15, 0.2) is 11.5 Å². The maximum atomic E-state index is 12.3. The van der Waals surface area contributed by atoms with E-state index < -0.39 is 6.10 Å². The average molecular weight is 275 g/mol. The summed E-state index contributed by atoms with van der Waals surface area (Å²) < 4.78 is 11.3. The van der Waals surface area contributed by atoms with E-state index in [0.29, 0.717) is 17.4 Å². The smallest absolute Gasteiger partial charge is 0.264 e. The number of carbonyl (C=O) groups is 1. The molecule has 3 rings (SSSR count). The van der Waals surface area contributed by atoms with E-state index in [4.69, 9.17) is 9.47 Å². The molecule has 0 spiro atoms. The molecule has 4 heteroatoms. The first-order chi connectivity index (χ1) is 9.74. The van der Waals surface area contributed by atoms with Crippen molar-refractivity contribution in [2.45, 2.75) is 44.8 Å². The number of rotatable bonds is 2. The van der Waals surface area contributed by atoms with E-state index in [1.165, 1.54) is 19.3 Å². The van der Waals surface area contributed by atoms with Crippen LogP contribution in [0.3, 0.4) is 0 Å². The molecule has 0 radical (unpaired) electrons. The van der Waals surface area contributed by atoms with Gasteiger partial charge in [0.2, 0.25) is 6.10 Å². The minimum Gasteiger partial charge on any atom is -0.485 e. The highest BCUT2D eigenvalue weighted by molar-refractivity contribution is 5.82. The Labute approximate surface area is 119 Å². The van der Waals surface area contributed by atoms with Crippen molar-refractivity contribution >= 4 is 5.91 Å². The first kappa shape index (κ1) is 13.3. The van der Waals surface area contributed by atoms with Gasteiger partial charge in [-0.3, -0.25) is 4.79 Å². The number of para-hydroxylation sites is 2. The molecule has 1 saturated carbocycles. The van der Waals surface area contributed by atoms with Crippen LogP contribution in [-0.4, -0.2) is 24.7 Å². The summed E-state index contributed by atoms with van der Waals surface area (Å²) >= 11 is 0. The number of hydrogen-bond acceptors (Lipinski definition) is 3. The average Bonchev–Trinajstić information content (AvgIpc) is 2.49. The van der Waals surface area contributed by atoms with Gasteiger partial charge in [0.05, 0.1) is 0 Å². The molecule has 4 nitrogen and oxygen atoms in total. The molecule has 1 aromatic carbocycles. The lowest BCUT2D eigenvalue weighted by molar-refractivity contribution is -0.131. The Morgan fingerprint density at radius 3 is 2.75 bits per heavy atom. The van der Waals surface area contributed by atoms with Crippen LogP contribution in [0.4, 0.5) is 0 Å². The first-order valence-corrected chi connectivity index (χ1v) is 7.43. The summed E-state index contributed by atoms with van der Waals surface area (Å²) in [7, 11) is 0. The lowest BCUT2D eigenvalue weighted by Gasteiger charge is -2.32. The Kier molecular flexibility index (Phi) is 3.81. The van der Waals surface area contributed by atoms with Crippen molar-refractivity contribution in [2.75, 3.05) is 6.61 Å². The number of nitrogens with one attached hydrogen (secondary N) is 1. The van der Waals surface area contributed by atoms with Gasteiger partial charge in [0.1, 0.15) is 6.61 Å². The second kappa shape index (κ2) is 5.73. The van der Waals surface area contributed by atoms with Crippen molar-refractivity contribution < 1.29 is 14.3 Å². The van der Waals surface area contributed by atoms with Crippen LogP contribution in [0.15, 0.2) is 24.3 Å². The predicted molar refractivity (Wildman–Crippen MR) is 75.9 cm³/mol. The fourth-order valence-electron chi connectivity index (χ4n) is 2.96. The number of ether oxygens (including phenoxy) is 2.